The standard InChI is InChI=1S/C24H25ClN2O2S/c1-5-26-20-13-19(25)16(11-18(20)15(2)14-24(26,3)4)12-21-22(28)27(23(29)30-21)17-9-7-6-8-10-17/h6-13,15H,5,14H2,1-4H3/b21-12+. The number of anilines is 2. The molecule has 4 rings (SSSR count). The fourth-order valence-corrected chi connectivity index (χ4v) is 5.68. The van der Waals surface area contributed by atoms with Crippen LogP contribution < -0.4 is 9.80 Å². The van der Waals surface area contributed by atoms with Gasteiger partial charge in [-0.25, -0.2) is 4.90 Å². The van der Waals surface area contributed by atoms with Crippen LogP contribution in [0.4, 0.5) is 16.2 Å². The van der Waals surface area contributed by atoms with E-state index in [2.05, 4.69) is 38.7 Å². The Balaban J connectivity index is 1.73. The van der Waals surface area contributed by atoms with Gasteiger partial charge >= 0.3 is 0 Å². The van der Waals surface area contributed by atoms with E-state index in [1.54, 1.807) is 18.2 Å². The summed E-state index contributed by atoms with van der Waals surface area (Å²) in [6, 6.07) is 13.1. The monoisotopic (exact) mass is 440 g/mol. The van der Waals surface area contributed by atoms with Gasteiger partial charge in [-0.3, -0.25) is 9.59 Å². The van der Waals surface area contributed by atoms with Crippen molar-refractivity contribution in [2.75, 3.05) is 16.3 Å². The molecule has 1 unspecified atom stereocenters. The van der Waals surface area contributed by atoms with E-state index < -0.39 is 0 Å². The summed E-state index contributed by atoms with van der Waals surface area (Å²) in [6.07, 6.45) is 2.79. The van der Waals surface area contributed by atoms with E-state index >= 15 is 0 Å². The van der Waals surface area contributed by atoms with Crippen molar-refractivity contribution in [2.24, 2.45) is 0 Å². The van der Waals surface area contributed by atoms with Crippen LogP contribution in [0.1, 0.15) is 51.2 Å². The quantitative estimate of drug-likeness (QED) is 0.498. The van der Waals surface area contributed by atoms with Gasteiger partial charge in [0.25, 0.3) is 11.1 Å². The largest absolute Gasteiger partial charge is 0.366 e. The zero-order chi connectivity index (χ0) is 21.6. The first-order valence-electron chi connectivity index (χ1n) is 10.2. The summed E-state index contributed by atoms with van der Waals surface area (Å²) in [5.41, 5.74) is 3.80. The first kappa shape index (κ1) is 21.0. The molecule has 2 aliphatic heterocycles. The molecule has 0 radical (unpaired) electrons. The lowest BCUT2D eigenvalue weighted by Crippen LogP contribution is -2.48. The highest BCUT2D eigenvalue weighted by molar-refractivity contribution is 8.19. The number of benzene rings is 2. The SMILES string of the molecule is CCN1c2cc(Cl)c(/C=C3/SC(=O)N(c4ccccc4)C3=O)cc2C(C)CC1(C)C. The molecule has 0 aliphatic carbocycles. The number of amides is 2. The lowest BCUT2D eigenvalue weighted by molar-refractivity contribution is -0.113. The number of hydrogen-bond donors (Lipinski definition) is 0. The molecule has 30 heavy (non-hydrogen) atoms. The summed E-state index contributed by atoms with van der Waals surface area (Å²) in [7, 11) is 0. The molecule has 1 fully saturated rings. The third-order valence-electron chi connectivity index (χ3n) is 5.92. The van der Waals surface area contributed by atoms with Gasteiger partial charge < -0.3 is 4.90 Å². The number of rotatable bonds is 3. The Kier molecular flexibility index (Phi) is 5.45. The number of para-hydroxylation sites is 1. The minimum atomic E-state index is -0.311. The Hall–Kier alpha value is -2.24. The van der Waals surface area contributed by atoms with Crippen molar-refractivity contribution < 1.29 is 9.59 Å². The first-order valence-corrected chi connectivity index (χ1v) is 11.4. The molecular formula is C24H25ClN2O2S. The summed E-state index contributed by atoms with van der Waals surface area (Å²) >= 11 is 7.60. The predicted octanol–water partition coefficient (Wildman–Crippen LogP) is 6.69. The maximum absolute atomic E-state index is 12.9. The van der Waals surface area contributed by atoms with Crippen LogP contribution in [-0.4, -0.2) is 23.2 Å². The Bertz CT molecular complexity index is 1050. The summed E-state index contributed by atoms with van der Waals surface area (Å²) in [4.78, 5) is 29.4. The molecule has 156 valence electrons. The normalized spacial score (nSPS) is 22.0. The van der Waals surface area contributed by atoms with Crippen LogP contribution in [0.25, 0.3) is 6.08 Å². The van der Waals surface area contributed by atoms with Gasteiger partial charge in [0.15, 0.2) is 0 Å². The highest BCUT2D eigenvalue weighted by atomic mass is 35.5. The van der Waals surface area contributed by atoms with E-state index in [0.717, 1.165) is 36.0 Å². The van der Waals surface area contributed by atoms with Crippen molar-refractivity contribution in [1.82, 2.24) is 0 Å². The highest BCUT2D eigenvalue weighted by Crippen LogP contribution is 2.46. The predicted molar refractivity (Wildman–Crippen MR) is 126 cm³/mol. The van der Waals surface area contributed by atoms with E-state index in [4.69, 9.17) is 11.6 Å². The van der Waals surface area contributed by atoms with Crippen molar-refractivity contribution in [3.8, 4) is 0 Å². The lowest BCUT2D eigenvalue weighted by Gasteiger charge is -2.47. The zero-order valence-electron chi connectivity index (χ0n) is 17.6. The number of fused-ring (bicyclic) bond motifs is 1. The number of carbonyl (C=O) groups excluding carboxylic acids is 2. The van der Waals surface area contributed by atoms with Gasteiger partial charge in [0, 0.05) is 22.8 Å². The number of carbonyl (C=O) groups is 2. The third kappa shape index (κ3) is 3.54. The van der Waals surface area contributed by atoms with Crippen molar-refractivity contribution in [1.29, 1.82) is 0 Å². The molecule has 2 amide bonds. The fraction of sp³-hybridized carbons (Fsp3) is 0.333. The first-order chi connectivity index (χ1) is 14.2. The molecule has 2 aliphatic rings. The topological polar surface area (TPSA) is 40.6 Å². The Labute approximate surface area is 186 Å². The smallest absolute Gasteiger partial charge is 0.298 e. The molecule has 2 heterocycles. The van der Waals surface area contributed by atoms with Crippen molar-refractivity contribution in [3.63, 3.8) is 0 Å². The van der Waals surface area contributed by atoms with Crippen LogP contribution in [0, 0.1) is 0 Å². The summed E-state index contributed by atoms with van der Waals surface area (Å²) < 4.78 is 0. The molecule has 2 aromatic carbocycles. The van der Waals surface area contributed by atoms with Gasteiger partial charge in [-0.05, 0) is 86.3 Å². The summed E-state index contributed by atoms with van der Waals surface area (Å²) in [5, 5.41) is 0.294. The number of hydrogen-bond acceptors (Lipinski definition) is 4. The van der Waals surface area contributed by atoms with Crippen LogP contribution in [0.2, 0.25) is 5.02 Å². The van der Waals surface area contributed by atoms with Gasteiger partial charge in [-0.2, -0.15) is 0 Å². The molecule has 4 nitrogen and oxygen atoms in total. The second-order valence-electron chi connectivity index (χ2n) is 8.45. The molecule has 1 saturated heterocycles. The lowest BCUT2D eigenvalue weighted by atomic mass is 9.79. The van der Waals surface area contributed by atoms with E-state index in [0.29, 0.717) is 21.5 Å². The highest BCUT2D eigenvalue weighted by Gasteiger charge is 2.38. The molecule has 6 heteroatoms. The molecule has 2 aromatic rings. The molecule has 0 aromatic heterocycles. The average Bonchev–Trinajstić information content (AvgIpc) is 2.96. The van der Waals surface area contributed by atoms with Gasteiger partial charge in [0.05, 0.1) is 10.6 Å². The van der Waals surface area contributed by atoms with Crippen LogP contribution in [0.5, 0.6) is 0 Å². The van der Waals surface area contributed by atoms with Gasteiger partial charge in [-0.1, -0.05) is 36.7 Å². The maximum Gasteiger partial charge on any atom is 0.298 e. The molecule has 0 saturated carbocycles. The van der Waals surface area contributed by atoms with E-state index in [1.165, 1.54) is 10.5 Å². The average molecular weight is 441 g/mol. The third-order valence-corrected chi connectivity index (χ3v) is 7.11. The minimum absolute atomic E-state index is 0.0599. The minimum Gasteiger partial charge on any atom is -0.366 e. The Morgan fingerprint density at radius 1 is 1.20 bits per heavy atom. The molecular weight excluding hydrogens is 416 g/mol. The number of imide groups is 1. The van der Waals surface area contributed by atoms with Gasteiger partial charge in [-0.15, -0.1) is 0 Å². The van der Waals surface area contributed by atoms with Crippen molar-refractivity contribution in [2.45, 2.75) is 45.6 Å². The molecule has 0 N–H and O–H groups in total. The number of nitrogens with zero attached hydrogens (tertiary/aromatic N) is 2. The van der Waals surface area contributed by atoms with Gasteiger partial charge in [0.2, 0.25) is 0 Å². The van der Waals surface area contributed by atoms with Crippen LogP contribution >= 0.6 is 23.4 Å². The molecule has 0 bridgehead atoms. The number of thioether (sulfide) groups is 1. The Morgan fingerprint density at radius 2 is 1.90 bits per heavy atom. The van der Waals surface area contributed by atoms with E-state index in [1.807, 2.05) is 24.3 Å². The van der Waals surface area contributed by atoms with Gasteiger partial charge in [0.1, 0.15) is 0 Å². The summed E-state index contributed by atoms with van der Waals surface area (Å²) in [5.74, 6) is 0.0657. The second-order valence-corrected chi connectivity index (χ2v) is 9.85. The van der Waals surface area contributed by atoms with Crippen molar-refractivity contribution in [3.05, 3.63) is 63.5 Å². The van der Waals surface area contributed by atoms with Crippen LogP contribution in [0.15, 0.2) is 47.4 Å². The summed E-state index contributed by atoms with van der Waals surface area (Å²) in [6.45, 7) is 9.81. The zero-order valence-corrected chi connectivity index (χ0v) is 19.2. The van der Waals surface area contributed by atoms with E-state index in [9.17, 15) is 9.59 Å². The number of halogens is 1. The fourth-order valence-electron chi connectivity index (χ4n) is 4.64. The molecule has 1 atom stereocenters. The second kappa shape index (κ2) is 7.78. The van der Waals surface area contributed by atoms with Crippen LogP contribution in [0.3, 0.4) is 0 Å². The molecule has 0 spiro atoms. The Morgan fingerprint density at radius 3 is 2.57 bits per heavy atom. The van der Waals surface area contributed by atoms with E-state index in [-0.39, 0.29) is 16.7 Å². The van der Waals surface area contributed by atoms with Crippen LogP contribution in [-0.2, 0) is 4.79 Å². The van der Waals surface area contributed by atoms with Crippen molar-refractivity contribution >= 4 is 52.0 Å². The maximum atomic E-state index is 12.9.